The summed E-state index contributed by atoms with van der Waals surface area (Å²) in [7, 11) is 1.59. The van der Waals surface area contributed by atoms with Crippen LogP contribution in [0.1, 0.15) is 32.1 Å². The van der Waals surface area contributed by atoms with E-state index in [0.717, 1.165) is 0 Å². The standard InChI is InChI=1S/C11H21NO3/c1-14-7-6-10(12)11(13)15-8-9-4-2-3-5-9/h9-10H,2-8,12H2,1H3. The van der Waals surface area contributed by atoms with Crippen molar-refractivity contribution in [2.45, 2.75) is 38.1 Å². The second-order valence-corrected chi connectivity index (χ2v) is 4.17. The number of ether oxygens (including phenoxy) is 2. The van der Waals surface area contributed by atoms with E-state index < -0.39 is 6.04 Å². The molecule has 0 amide bonds. The predicted molar refractivity (Wildman–Crippen MR) is 57.4 cm³/mol. The number of hydrogen-bond donors (Lipinski definition) is 1. The van der Waals surface area contributed by atoms with Gasteiger partial charge in [-0.15, -0.1) is 0 Å². The van der Waals surface area contributed by atoms with E-state index in [-0.39, 0.29) is 5.97 Å². The molecule has 0 spiro atoms. The molecule has 1 aliphatic rings. The Bertz CT molecular complexity index is 190. The van der Waals surface area contributed by atoms with Crippen LogP contribution in [0.25, 0.3) is 0 Å². The van der Waals surface area contributed by atoms with Crippen molar-refractivity contribution in [1.82, 2.24) is 0 Å². The quantitative estimate of drug-likeness (QED) is 0.674. The fourth-order valence-electron chi connectivity index (χ4n) is 1.85. The van der Waals surface area contributed by atoms with Crippen LogP contribution < -0.4 is 5.73 Å². The summed E-state index contributed by atoms with van der Waals surface area (Å²) in [6.45, 7) is 1.04. The highest BCUT2D eigenvalue weighted by Gasteiger charge is 2.19. The first kappa shape index (κ1) is 12.5. The molecule has 0 radical (unpaired) electrons. The van der Waals surface area contributed by atoms with Crippen molar-refractivity contribution in [3.63, 3.8) is 0 Å². The molecule has 4 nitrogen and oxygen atoms in total. The Morgan fingerprint density at radius 2 is 2.13 bits per heavy atom. The third kappa shape index (κ3) is 4.62. The number of esters is 1. The Kier molecular flexibility index (Phi) is 5.65. The van der Waals surface area contributed by atoms with Gasteiger partial charge in [0.15, 0.2) is 0 Å². The predicted octanol–water partition coefficient (Wildman–Crippen LogP) is 1.08. The third-order valence-corrected chi connectivity index (χ3v) is 2.87. The van der Waals surface area contributed by atoms with Gasteiger partial charge in [0.2, 0.25) is 0 Å². The van der Waals surface area contributed by atoms with E-state index in [1.54, 1.807) is 7.11 Å². The maximum Gasteiger partial charge on any atom is 0.323 e. The smallest absolute Gasteiger partial charge is 0.323 e. The van der Waals surface area contributed by atoms with E-state index in [9.17, 15) is 4.79 Å². The van der Waals surface area contributed by atoms with Crippen LogP contribution in [-0.4, -0.2) is 32.3 Å². The number of carbonyl (C=O) groups excluding carboxylic acids is 1. The van der Waals surface area contributed by atoms with Crippen LogP contribution in [0.2, 0.25) is 0 Å². The largest absolute Gasteiger partial charge is 0.464 e. The molecule has 0 bridgehead atoms. The number of hydrogen-bond acceptors (Lipinski definition) is 4. The topological polar surface area (TPSA) is 61.5 Å². The summed E-state index contributed by atoms with van der Waals surface area (Å²) in [6.07, 6.45) is 5.41. The summed E-state index contributed by atoms with van der Waals surface area (Å²) in [6, 6.07) is -0.536. The maximum absolute atomic E-state index is 11.4. The molecule has 1 fully saturated rings. The summed E-state index contributed by atoms with van der Waals surface area (Å²) in [5.41, 5.74) is 5.63. The van der Waals surface area contributed by atoms with Crippen LogP contribution in [0, 0.1) is 5.92 Å². The first-order chi connectivity index (χ1) is 7.24. The Balaban J connectivity index is 2.11. The molecule has 0 heterocycles. The van der Waals surface area contributed by atoms with Gasteiger partial charge in [-0.2, -0.15) is 0 Å². The van der Waals surface area contributed by atoms with E-state index in [1.807, 2.05) is 0 Å². The molecule has 0 saturated heterocycles. The summed E-state index contributed by atoms with van der Waals surface area (Å²) < 4.78 is 10.0. The van der Waals surface area contributed by atoms with Gasteiger partial charge in [0.1, 0.15) is 6.04 Å². The number of nitrogens with two attached hydrogens (primary N) is 1. The maximum atomic E-state index is 11.4. The Morgan fingerprint density at radius 1 is 1.47 bits per heavy atom. The highest BCUT2D eigenvalue weighted by atomic mass is 16.5. The van der Waals surface area contributed by atoms with Gasteiger partial charge in [0.05, 0.1) is 6.61 Å². The number of methoxy groups -OCH3 is 1. The van der Waals surface area contributed by atoms with Crippen molar-refractivity contribution in [2.24, 2.45) is 11.7 Å². The average molecular weight is 215 g/mol. The molecule has 88 valence electrons. The van der Waals surface area contributed by atoms with Gasteiger partial charge in [0.25, 0.3) is 0 Å². The highest BCUT2D eigenvalue weighted by Crippen LogP contribution is 2.24. The zero-order valence-electron chi connectivity index (χ0n) is 9.41. The Morgan fingerprint density at radius 3 is 2.73 bits per heavy atom. The van der Waals surface area contributed by atoms with Crippen LogP contribution in [0.4, 0.5) is 0 Å². The lowest BCUT2D eigenvalue weighted by Gasteiger charge is -2.13. The van der Waals surface area contributed by atoms with Gasteiger partial charge in [-0.25, -0.2) is 0 Å². The summed E-state index contributed by atoms with van der Waals surface area (Å²) in [5, 5.41) is 0. The number of rotatable bonds is 6. The van der Waals surface area contributed by atoms with Crippen LogP contribution in [0.5, 0.6) is 0 Å². The molecular weight excluding hydrogens is 194 g/mol. The molecule has 1 rings (SSSR count). The lowest BCUT2D eigenvalue weighted by Crippen LogP contribution is -2.34. The SMILES string of the molecule is COCCC(N)C(=O)OCC1CCCC1. The molecule has 0 aliphatic heterocycles. The molecule has 0 aromatic rings. The second-order valence-electron chi connectivity index (χ2n) is 4.17. The average Bonchev–Trinajstić information content (AvgIpc) is 2.75. The molecular formula is C11H21NO3. The van der Waals surface area contributed by atoms with Gasteiger partial charge in [-0.05, 0) is 25.2 Å². The molecule has 0 aromatic carbocycles. The van der Waals surface area contributed by atoms with Crippen LogP contribution >= 0.6 is 0 Å². The van der Waals surface area contributed by atoms with Crippen LogP contribution in [-0.2, 0) is 14.3 Å². The normalized spacial score (nSPS) is 19.1. The molecule has 1 unspecified atom stereocenters. The fourth-order valence-corrected chi connectivity index (χ4v) is 1.85. The molecule has 1 saturated carbocycles. The van der Waals surface area contributed by atoms with E-state index in [2.05, 4.69) is 0 Å². The zero-order chi connectivity index (χ0) is 11.1. The minimum Gasteiger partial charge on any atom is -0.464 e. The van der Waals surface area contributed by atoms with Crippen molar-refractivity contribution in [1.29, 1.82) is 0 Å². The molecule has 15 heavy (non-hydrogen) atoms. The Hall–Kier alpha value is -0.610. The minimum absolute atomic E-state index is 0.293. The van der Waals surface area contributed by atoms with Gasteiger partial charge >= 0.3 is 5.97 Å². The van der Waals surface area contributed by atoms with Crippen molar-refractivity contribution in [3.8, 4) is 0 Å². The van der Waals surface area contributed by atoms with E-state index in [1.165, 1.54) is 25.7 Å². The van der Waals surface area contributed by atoms with Crippen molar-refractivity contribution < 1.29 is 14.3 Å². The van der Waals surface area contributed by atoms with Gasteiger partial charge in [-0.3, -0.25) is 4.79 Å². The van der Waals surface area contributed by atoms with Crippen molar-refractivity contribution in [2.75, 3.05) is 20.3 Å². The Labute approximate surface area is 91.1 Å². The highest BCUT2D eigenvalue weighted by molar-refractivity contribution is 5.75. The van der Waals surface area contributed by atoms with E-state index >= 15 is 0 Å². The lowest BCUT2D eigenvalue weighted by molar-refractivity contribution is -0.147. The van der Waals surface area contributed by atoms with Gasteiger partial charge < -0.3 is 15.2 Å². The molecule has 2 N–H and O–H groups in total. The third-order valence-electron chi connectivity index (χ3n) is 2.87. The van der Waals surface area contributed by atoms with E-state index in [0.29, 0.717) is 25.6 Å². The monoisotopic (exact) mass is 215 g/mol. The van der Waals surface area contributed by atoms with Crippen LogP contribution in [0.3, 0.4) is 0 Å². The fraction of sp³-hybridized carbons (Fsp3) is 0.909. The lowest BCUT2D eigenvalue weighted by atomic mass is 10.1. The van der Waals surface area contributed by atoms with Crippen molar-refractivity contribution in [3.05, 3.63) is 0 Å². The van der Waals surface area contributed by atoms with Gasteiger partial charge in [-0.1, -0.05) is 12.8 Å². The molecule has 1 aliphatic carbocycles. The molecule has 0 aromatic heterocycles. The van der Waals surface area contributed by atoms with Crippen LogP contribution in [0.15, 0.2) is 0 Å². The summed E-state index contributed by atoms with van der Waals surface area (Å²) in [5.74, 6) is 0.266. The first-order valence-electron chi connectivity index (χ1n) is 5.65. The van der Waals surface area contributed by atoms with Gasteiger partial charge in [0, 0.05) is 13.7 Å². The summed E-state index contributed by atoms with van der Waals surface area (Å²) in [4.78, 5) is 11.4. The molecule has 4 heteroatoms. The molecule has 1 atom stereocenters. The zero-order valence-corrected chi connectivity index (χ0v) is 9.41. The summed E-state index contributed by atoms with van der Waals surface area (Å²) >= 11 is 0. The van der Waals surface area contributed by atoms with Crippen molar-refractivity contribution >= 4 is 5.97 Å². The number of carbonyl (C=O) groups is 1. The van der Waals surface area contributed by atoms with E-state index in [4.69, 9.17) is 15.2 Å². The second kappa shape index (κ2) is 6.80. The first-order valence-corrected chi connectivity index (χ1v) is 5.65. The minimum atomic E-state index is -0.536.